The van der Waals surface area contributed by atoms with E-state index in [2.05, 4.69) is 73.1 Å². The normalized spacial score (nSPS) is 23.6. The van der Waals surface area contributed by atoms with E-state index in [1.807, 2.05) is 94.3 Å². The number of aliphatic hydroxyl groups is 1. The number of anilines is 5. The zero-order valence-corrected chi connectivity index (χ0v) is 49.5. The molecule has 10 heterocycles. The van der Waals surface area contributed by atoms with Gasteiger partial charge in [0, 0.05) is 119 Å². The van der Waals surface area contributed by atoms with Crippen molar-refractivity contribution in [2.45, 2.75) is 146 Å². The van der Waals surface area contributed by atoms with Gasteiger partial charge < -0.3 is 64.3 Å². The molecule has 13 rings (SSSR count). The van der Waals surface area contributed by atoms with Crippen molar-refractivity contribution in [2.75, 3.05) is 71.1 Å². The van der Waals surface area contributed by atoms with Crippen LogP contribution in [0.25, 0.3) is 21.7 Å². The zero-order valence-electron chi connectivity index (χ0n) is 48.7. The van der Waals surface area contributed by atoms with Crippen molar-refractivity contribution in [2.24, 2.45) is 5.92 Å². The van der Waals surface area contributed by atoms with Crippen LogP contribution in [0.2, 0.25) is 0 Å². The van der Waals surface area contributed by atoms with Gasteiger partial charge in [0.2, 0.25) is 17.7 Å². The summed E-state index contributed by atoms with van der Waals surface area (Å²) in [5, 5.41) is 37.5. The minimum absolute atomic E-state index is 0.0664. The highest BCUT2D eigenvalue weighted by molar-refractivity contribution is 7.13. The molecule has 1 aliphatic carbocycles. The summed E-state index contributed by atoms with van der Waals surface area (Å²) in [6, 6.07) is 23.0. The van der Waals surface area contributed by atoms with E-state index in [0.29, 0.717) is 46.6 Å². The van der Waals surface area contributed by atoms with E-state index in [9.17, 15) is 19.8 Å². The van der Waals surface area contributed by atoms with Crippen LogP contribution in [0.5, 0.6) is 11.6 Å². The summed E-state index contributed by atoms with van der Waals surface area (Å²) < 4.78 is 21.3. The van der Waals surface area contributed by atoms with Crippen LogP contribution < -0.4 is 35.4 Å². The van der Waals surface area contributed by atoms with Crippen LogP contribution in [0.15, 0.2) is 102 Å². The van der Waals surface area contributed by atoms with Crippen molar-refractivity contribution >= 4 is 52.0 Å². The van der Waals surface area contributed by atoms with Gasteiger partial charge in [-0.25, -0.2) is 15.0 Å². The molecule has 21 nitrogen and oxygen atoms in total. The Hall–Kier alpha value is -7.82. The molecule has 5 saturated heterocycles. The highest BCUT2D eigenvalue weighted by Crippen LogP contribution is 2.42. The predicted molar refractivity (Wildman–Crippen MR) is 325 cm³/mol. The van der Waals surface area contributed by atoms with Gasteiger partial charge in [-0.15, -0.1) is 21.5 Å². The number of thiazole rings is 1. The van der Waals surface area contributed by atoms with Gasteiger partial charge in [0.05, 0.1) is 58.1 Å². The third-order valence-electron chi connectivity index (χ3n) is 18.5. The van der Waals surface area contributed by atoms with Gasteiger partial charge in [-0.2, -0.15) is 0 Å². The number of aromatic hydroxyl groups is 1. The number of aryl methyl sites for hydroxylation is 1. The van der Waals surface area contributed by atoms with E-state index in [0.717, 1.165) is 130 Å². The smallest absolute Gasteiger partial charge is 0.243 e. The number of nitrogens with zero attached hydrogens (tertiary/aromatic N) is 12. The fraction of sp³-hybridized carbons (Fsp3) is 0.492. The van der Waals surface area contributed by atoms with Crippen LogP contribution >= 0.6 is 11.3 Å². The molecule has 7 aromatic rings. The second-order valence-corrected chi connectivity index (χ2v) is 25.3. The van der Waals surface area contributed by atoms with Crippen LogP contribution in [-0.4, -0.2) is 150 Å². The number of phenolic OH excluding ortho intramolecular Hbond substituents is 1. The SMILES string of the molecule is Cc1ncsc1-c1ccc([C@H](C)NC(=O)[C@@H]2C[C@@H](O)CN2C(=O)[C@@H](c2cc(N3CCC(n4cnc(N5CCC(OC6CC(Oc7cc(N8C9CC[C@@H]8CN(c8cc(-c%10ccccc%10O)nnc8N)C9)ccn7)C6)CC5)c4)CC3)no2)C(C)C)cc1. The molecule has 5 aliphatic heterocycles. The number of β-amino-alcohol motifs (C(OH)–C–C–N with tert-alkyl or cyclic N) is 1. The Morgan fingerprint density at radius 2 is 1.53 bits per heavy atom. The molecule has 1 unspecified atom stereocenters. The van der Waals surface area contributed by atoms with Gasteiger partial charge in [0.1, 0.15) is 29.6 Å². The van der Waals surface area contributed by atoms with Crippen molar-refractivity contribution in [3.63, 3.8) is 0 Å². The van der Waals surface area contributed by atoms with E-state index in [-0.39, 0.29) is 66.8 Å². The first-order valence-electron chi connectivity index (χ1n) is 30.3. The van der Waals surface area contributed by atoms with Crippen molar-refractivity contribution in [3.05, 3.63) is 114 Å². The lowest BCUT2D eigenvalue weighted by atomic mass is 9.91. The van der Waals surface area contributed by atoms with Crippen molar-refractivity contribution in [1.29, 1.82) is 0 Å². The molecule has 6 fully saturated rings. The number of nitrogens with two attached hydrogens (primary N) is 1. The second kappa shape index (κ2) is 23.9. The summed E-state index contributed by atoms with van der Waals surface area (Å²) in [6.45, 7) is 12.8. The number of nitrogen functional groups attached to an aromatic ring is 1. The summed E-state index contributed by atoms with van der Waals surface area (Å²) in [4.78, 5) is 54.2. The van der Waals surface area contributed by atoms with Crippen molar-refractivity contribution < 1.29 is 33.8 Å². The molecule has 1 saturated carbocycles. The predicted octanol–water partition coefficient (Wildman–Crippen LogP) is 8.32. The molecule has 2 bridgehead atoms. The first-order chi connectivity index (χ1) is 41.3. The van der Waals surface area contributed by atoms with Gasteiger partial charge in [0.15, 0.2) is 17.4 Å². The van der Waals surface area contributed by atoms with E-state index in [4.69, 9.17) is 24.7 Å². The van der Waals surface area contributed by atoms with E-state index >= 15 is 0 Å². The minimum atomic E-state index is -0.815. The number of pyridine rings is 1. The maximum absolute atomic E-state index is 14.4. The monoisotopic (exact) mass is 1170 g/mol. The Bertz CT molecular complexity index is 3470. The number of aliphatic hydroxyl groups excluding tert-OH is 1. The molecule has 0 radical (unpaired) electrons. The first-order valence-corrected chi connectivity index (χ1v) is 31.2. The number of ether oxygens (including phenoxy) is 2. The number of para-hydroxylation sites is 1. The number of nitrogens with one attached hydrogen (secondary N) is 1. The standard InChI is InChI=1S/C63H76N14O7S/c1-37(2)59(63(81)76-33-46(78)26-53(76)62(80)68-38(3)40-9-11-41(12-10-40)60-39(4)67-36-85-60)55-30-56(71-84-55)72-21-16-42(17-22-72)75-34-57(66-35-75)73-23-18-47(19-24-73)82-48-27-49(28-48)83-58-25-43(15-20-65-58)77-44-13-14-45(77)32-74(31-44)52-29-51(69-70-61(52)64)50-7-5-6-8-54(50)79/h5-12,15,20,25,29-30,34-38,42,44-49,53,59,78-79H,13-14,16-19,21-24,26-28,31-33H2,1-4H3,(H2,64,70)(H,68,80)/t38-,44+,45?,46+,48?,49?,53-,59+/m0/s1. The number of hydrogen-bond acceptors (Lipinski definition) is 19. The maximum atomic E-state index is 14.4. The lowest BCUT2D eigenvalue weighted by Gasteiger charge is -2.43. The van der Waals surface area contributed by atoms with E-state index < -0.39 is 18.1 Å². The molecule has 85 heavy (non-hydrogen) atoms. The molecule has 5 aromatic heterocycles. The van der Waals surface area contributed by atoms with Gasteiger partial charge >= 0.3 is 0 Å². The molecule has 0 spiro atoms. The number of carbonyl (C=O) groups excluding carboxylic acids is 2. The molecule has 22 heteroatoms. The Morgan fingerprint density at radius 3 is 2.26 bits per heavy atom. The summed E-state index contributed by atoms with van der Waals surface area (Å²) >= 11 is 1.60. The topological polar surface area (TPSA) is 243 Å². The Morgan fingerprint density at radius 1 is 0.788 bits per heavy atom. The number of phenols is 1. The number of piperazine rings is 1. The summed E-state index contributed by atoms with van der Waals surface area (Å²) in [5.74, 6) is 1.98. The lowest BCUT2D eigenvalue weighted by molar-refractivity contribution is -0.141. The number of carbonyl (C=O) groups is 2. The number of benzene rings is 2. The van der Waals surface area contributed by atoms with E-state index in [1.165, 1.54) is 4.90 Å². The third kappa shape index (κ3) is 11.7. The third-order valence-corrected chi connectivity index (χ3v) is 19.5. The van der Waals surface area contributed by atoms with Crippen LogP contribution in [0, 0.1) is 12.8 Å². The average molecular weight is 1170 g/mol. The summed E-state index contributed by atoms with van der Waals surface area (Å²) in [6.07, 6.45) is 13.3. The average Bonchev–Trinajstić information content (AvgIpc) is 4.36. The molecule has 6 atom stereocenters. The van der Waals surface area contributed by atoms with Gasteiger partial charge in [-0.3, -0.25) is 9.59 Å². The molecule has 2 amide bonds. The number of likely N-dealkylation sites (tertiary alicyclic amines) is 1. The fourth-order valence-corrected chi connectivity index (χ4v) is 14.6. The highest BCUT2D eigenvalue weighted by Gasteiger charge is 2.45. The van der Waals surface area contributed by atoms with Crippen molar-refractivity contribution in [1.82, 2.24) is 45.1 Å². The lowest BCUT2D eigenvalue weighted by Crippen LogP contribution is -2.54. The Labute approximate surface area is 499 Å². The Balaban J connectivity index is 0.544. The number of imidazole rings is 1. The van der Waals surface area contributed by atoms with Crippen LogP contribution in [0.1, 0.15) is 114 Å². The quantitative estimate of drug-likeness (QED) is 0.0670. The first kappa shape index (κ1) is 56.3. The van der Waals surface area contributed by atoms with Crippen LogP contribution in [0.3, 0.4) is 0 Å². The van der Waals surface area contributed by atoms with Gasteiger partial charge in [-0.05, 0) is 93.7 Å². The number of hydrogen-bond donors (Lipinski definition) is 4. The molecule has 2 aromatic carbocycles. The number of amides is 2. The molecule has 6 aliphatic rings. The Kier molecular flexibility index (Phi) is 15.8. The number of piperidine rings is 2. The van der Waals surface area contributed by atoms with Gasteiger partial charge in [0.25, 0.3) is 0 Å². The summed E-state index contributed by atoms with van der Waals surface area (Å²) in [7, 11) is 0. The van der Waals surface area contributed by atoms with Crippen LogP contribution in [0.4, 0.5) is 28.8 Å². The van der Waals surface area contributed by atoms with Gasteiger partial charge in [-0.1, -0.05) is 55.4 Å². The number of rotatable bonds is 17. The molecular formula is C63H76N14O7S. The van der Waals surface area contributed by atoms with Crippen LogP contribution in [-0.2, 0) is 14.3 Å². The maximum Gasteiger partial charge on any atom is 0.243 e. The summed E-state index contributed by atoms with van der Waals surface area (Å²) in [5.41, 5.74) is 14.4. The van der Waals surface area contributed by atoms with Crippen molar-refractivity contribution in [3.8, 4) is 33.3 Å². The largest absolute Gasteiger partial charge is 0.507 e. The second-order valence-electron chi connectivity index (χ2n) is 24.4. The molecule has 5 N–H and O–H groups in total. The number of fused-ring (bicyclic) bond motifs is 2. The highest BCUT2D eigenvalue weighted by atomic mass is 32.1. The number of aromatic nitrogens is 7. The fourth-order valence-electron chi connectivity index (χ4n) is 13.8. The minimum Gasteiger partial charge on any atom is -0.507 e. The van der Waals surface area contributed by atoms with E-state index in [1.54, 1.807) is 23.5 Å². The molecule has 446 valence electrons. The zero-order chi connectivity index (χ0) is 58.5. The molecular weight excluding hydrogens is 1100 g/mol.